The van der Waals surface area contributed by atoms with Crippen LogP contribution in [0, 0.1) is 0 Å². The topological polar surface area (TPSA) is 55.1 Å². The molecule has 0 saturated carbocycles. The molecular weight excluding hydrogens is 200 g/mol. The Kier molecular flexibility index (Phi) is 12.1. The van der Waals surface area contributed by atoms with Gasteiger partial charge in [0, 0.05) is 13.0 Å². The summed E-state index contributed by atoms with van der Waals surface area (Å²) in [6, 6.07) is 0. The predicted octanol–water partition coefficient (Wildman–Crippen LogP) is 2.59. The van der Waals surface area contributed by atoms with Crippen molar-refractivity contribution in [2.24, 2.45) is 5.73 Å². The molecule has 3 N–H and O–H groups in total. The van der Waals surface area contributed by atoms with Crippen molar-refractivity contribution in [2.75, 3.05) is 13.1 Å². The number of rotatable bonds is 11. The quantitative estimate of drug-likeness (QED) is 0.534. The number of nitrogens with two attached hydrogens (primary N) is 1. The predicted molar refractivity (Wildman–Crippen MR) is 69.3 cm³/mol. The van der Waals surface area contributed by atoms with Crippen molar-refractivity contribution in [3.05, 3.63) is 0 Å². The molecule has 0 unspecified atom stereocenters. The first kappa shape index (κ1) is 15.4. The van der Waals surface area contributed by atoms with Gasteiger partial charge in [-0.1, -0.05) is 38.5 Å². The van der Waals surface area contributed by atoms with Crippen molar-refractivity contribution in [1.29, 1.82) is 0 Å². The fraction of sp³-hybridized carbons (Fsp3) is 0.923. The average molecular weight is 228 g/mol. The van der Waals surface area contributed by atoms with Gasteiger partial charge in [-0.05, 0) is 26.3 Å². The van der Waals surface area contributed by atoms with Crippen LogP contribution in [0.2, 0.25) is 0 Å². The minimum absolute atomic E-state index is 0.199. The molecule has 0 aliphatic carbocycles. The highest BCUT2D eigenvalue weighted by atomic mass is 16.1. The summed E-state index contributed by atoms with van der Waals surface area (Å²) in [7, 11) is 0. The van der Waals surface area contributed by atoms with Crippen LogP contribution in [-0.2, 0) is 4.79 Å². The second kappa shape index (κ2) is 12.5. The molecule has 0 radical (unpaired) electrons. The van der Waals surface area contributed by atoms with E-state index >= 15 is 0 Å². The van der Waals surface area contributed by atoms with Gasteiger partial charge in [0.1, 0.15) is 0 Å². The number of carbonyl (C=O) groups is 1. The highest BCUT2D eigenvalue weighted by Gasteiger charge is 1.98. The van der Waals surface area contributed by atoms with E-state index in [4.69, 9.17) is 5.73 Å². The molecule has 16 heavy (non-hydrogen) atoms. The van der Waals surface area contributed by atoms with Crippen LogP contribution in [0.1, 0.15) is 64.7 Å². The zero-order valence-electron chi connectivity index (χ0n) is 10.8. The first-order valence-corrected chi connectivity index (χ1v) is 6.78. The van der Waals surface area contributed by atoms with Crippen LogP contribution < -0.4 is 11.1 Å². The van der Waals surface area contributed by atoms with Crippen LogP contribution in [0.3, 0.4) is 0 Å². The molecule has 0 saturated heterocycles. The molecule has 3 nitrogen and oxygen atoms in total. The molecule has 0 aliphatic rings. The van der Waals surface area contributed by atoms with Crippen LogP contribution in [-0.4, -0.2) is 19.0 Å². The van der Waals surface area contributed by atoms with Crippen molar-refractivity contribution in [1.82, 2.24) is 5.32 Å². The molecule has 0 rings (SSSR count). The Hall–Kier alpha value is -0.570. The third-order valence-corrected chi connectivity index (χ3v) is 2.73. The van der Waals surface area contributed by atoms with Crippen molar-refractivity contribution in [2.45, 2.75) is 64.7 Å². The summed E-state index contributed by atoms with van der Waals surface area (Å²) >= 11 is 0. The van der Waals surface area contributed by atoms with Gasteiger partial charge >= 0.3 is 0 Å². The number of carbonyl (C=O) groups excluding carboxylic acids is 1. The SMILES string of the molecule is CCNC(=O)CCCCCCCCCCN. The number of hydrogen-bond acceptors (Lipinski definition) is 2. The van der Waals surface area contributed by atoms with Gasteiger partial charge in [0.15, 0.2) is 0 Å². The van der Waals surface area contributed by atoms with E-state index in [1.807, 2.05) is 6.92 Å². The zero-order chi connectivity index (χ0) is 12.1. The van der Waals surface area contributed by atoms with Gasteiger partial charge in [-0.15, -0.1) is 0 Å². The van der Waals surface area contributed by atoms with E-state index in [2.05, 4.69) is 5.32 Å². The molecule has 0 atom stereocenters. The van der Waals surface area contributed by atoms with Crippen LogP contribution >= 0.6 is 0 Å². The lowest BCUT2D eigenvalue weighted by Gasteiger charge is -2.02. The Bertz CT molecular complexity index is 160. The lowest BCUT2D eigenvalue weighted by Crippen LogP contribution is -2.21. The Morgan fingerprint density at radius 3 is 1.94 bits per heavy atom. The van der Waals surface area contributed by atoms with Crippen molar-refractivity contribution < 1.29 is 4.79 Å². The molecule has 1 amide bonds. The summed E-state index contributed by atoms with van der Waals surface area (Å²) in [4.78, 5) is 11.1. The molecule has 0 aliphatic heterocycles. The third kappa shape index (κ3) is 11.5. The molecule has 0 heterocycles. The van der Waals surface area contributed by atoms with Crippen LogP contribution in [0.4, 0.5) is 0 Å². The van der Waals surface area contributed by atoms with E-state index in [9.17, 15) is 4.79 Å². The summed E-state index contributed by atoms with van der Waals surface area (Å²) in [6.45, 7) is 3.53. The zero-order valence-corrected chi connectivity index (χ0v) is 10.8. The highest BCUT2D eigenvalue weighted by Crippen LogP contribution is 2.09. The Morgan fingerprint density at radius 2 is 1.44 bits per heavy atom. The van der Waals surface area contributed by atoms with E-state index < -0.39 is 0 Å². The van der Waals surface area contributed by atoms with Crippen LogP contribution in [0.5, 0.6) is 0 Å². The van der Waals surface area contributed by atoms with Crippen molar-refractivity contribution in [3.8, 4) is 0 Å². The molecule has 0 aromatic rings. The maximum absolute atomic E-state index is 11.1. The second-order valence-corrected chi connectivity index (χ2v) is 4.32. The summed E-state index contributed by atoms with van der Waals surface area (Å²) < 4.78 is 0. The Labute approximate surface area is 100 Å². The molecule has 0 fully saturated rings. The summed E-state index contributed by atoms with van der Waals surface area (Å²) in [5.74, 6) is 0.199. The van der Waals surface area contributed by atoms with Gasteiger partial charge in [0.2, 0.25) is 5.91 Å². The lowest BCUT2D eigenvalue weighted by molar-refractivity contribution is -0.121. The number of amides is 1. The maximum atomic E-state index is 11.1. The van der Waals surface area contributed by atoms with E-state index in [0.29, 0.717) is 6.42 Å². The molecular formula is C13H28N2O. The number of nitrogens with one attached hydrogen (secondary N) is 1. The van der Waals surface area contributed by atoms with E-state index in [1.165, 1.54) is 38.5 Å². The average Bonchev–Trinajstić information content (AvgIpc) is 2.27. The number of hydrogen-bond donors (Lipinski definition) is 2. The highest BCUT2D eigenvalue weighted by molar-refractivity contribution is 5.75. The minimum Gasteiger partial charge on any atom is -0.356 e. The summed E-state index contributed by atoms with van der Waals surface area (Å²) in [5, 5.41) is 2.82. The van der Waals surface area contributed by atoms with E-state index in [0.717, 1.165) is 25.9 Å². The fourth-order valence-electron chi connectivity index (χ4n) is 1.78. The minimum atomic E-state index is 0.199. The Morgan fingerprint density at radius 1 is 0.938 bits per heavy atom. The fourth-order valence-corrected chi connectivity index (χ4v) is 1.78. The monoisotopic (exact) mass is 228 g/mol. The lowest BCUT2D eigenvalue weighted by atomic mass is 10.1. The first-order chi connectivity index (χ1) is 7.81. The standard InChI is InChI=1S/C13H28N2O/c1-2-15-13(16)11-9-7-5-3-4-6-8-10-12-14/h2-12,14H2,1H3,(H,15,16). The van der Waals surface area contributed by atoms with Gasteiger partial charge in [-0.2, -0.15) is 0 Å². The molecule has 0 aromatic carbocycles. The van der Waals surface area contributed by atoms with Gasteiger partial charge in [-0.25, -0.2) is 0 Å². The first-order valence-electron chi connectivity index (χ1n) is 6.78. The smallest absolute Gasteiger partial charge is 0.219 e. The van der Waals surface area contributed by atoms with Gasteiger partial charge < -0.3 is 11.1 Å². The molecule has 96 valence electrons. The van der Waals surface area contributed by atoms with E-state index in [1.54, 1.807) is 0 Å². The maximum Gasteiger partial charge on any atom is 0.219 e. The third-order valence-electron chi connectivity index (χ3n) is 2.73. The van der Waals surface area contributed by atoms with Crippen LogP contribution in [0.25, 0.3) is 0 Å². The van der Waals surface area contributed by atoms with E-state index in [-0.39, 0.29) is 5.91 Å². The molecule has 3 heteroatoms. The van der Waals surface area contributed by atoms with Gasteiger partial charge in [-0.3, -0.25) is 4.79 Å². The summed E-state index contributed by atoms with van der Waals surface area (Å²) in [5.41, 5.74) is 5.42. The van der Waals surface area contributed by atoms with Crippen LogP contribution in [0.15, 0.2) is 0 Å². The molecule has 0 spiro atoms. The van der Waals surface area contributed by atoms with Crippen molar-refractivity contribution >= 4 is 5.91 Å². The number of unbranched alkanes of at least 4 members (excludes halogenated alkanes) is 7. The molecule has 0 aromatic heterocycles. The van der Waals surface area contributed by atoms with Gasteiger partial charge in [0.25, 0.3) is 0 Å². The van der Waals surface area contributed by atoms with Gasteiger partial charge in [0.05, 0.1) is 0 Å². The summed E-state index contributed by atoms with van der Waals surface area (Å²) in [6.07, 6.45) is 10.6. The molecule has 0 bridgehead atoms. The largest absolute Gasteiger partial charge is 0.356 e. The normalized spacial score (nSPS) is 10.4. The second-order valence-electron chi connectivity index (χ2n) is 4.32. The Balaban J connectivity index is 3.01. The van der Waals surface area contributed by atoms with Crippen molar-refractivity contribution in [3.63, 3.8) is 0 Å².